The Morgan fingerprint density at radius 2 is 1.92 bits per heavy atom. The average Bonchev–Trinajstić information content (AvgIpc) is 3.05. The Hall–Kier alpha value is -2.80. The van der Waals surface area contributed by atoms with Crippen LogP contribution in [-0.4, -0.2) is 31.3 Å². The molecule has 0 aliphatic carbocycles. The third kappa shape index (κ3) is 3.57. The Kier molecular flexibility index (Phi) is 4.52. The molecule has 0 radical (unpaired) electrons. The van der Waals surface area contributed by atoms with Gasteiger partial charge in [-0.3, -0.25) is 9.69 Å². The van der Waals surface area contributed by atoms with Crippen LogP contribution in [0.4, 0.5) is 4.39 Å². The highest BCUT2D eigenvalue weighted by atomic mass is 19.1. The van der Waals surface area contributed by atoms with Gasteiger partial charge < -0.3 is 4.57 Å². The van der Waals surface area contributed by atoms with Crippen molar-refractivity contribution in [3.8, 4) is 5.69 Å². The van der Waals surface area contributed by atoms with Crippen LogP contribution in [-0.2, 0) is 20.1 Å². The van der Waals surface area contributed by atoms with Crippen molar-refractivity contribution in [1.82, 2.24) is 24.2 Å². The molecule has 3 aromatic rings. The van der Waals surface area contributed by atoms with Gasteiger partial charge in [-0.25, -0.2) is 14.1 Å². The molecule has 3 rings (SSSR count). The normalized spacial score (nSPS) is 11.2. The molecular formula is C17H18FN5O. The molecule has 0 atom stereocenters. The van der Waals surface area contributed by atoms with Crippen molar-refractivity contribution in [1.29, 1.82) is 0 Å². The van der Waals surface area contributed by atoms with E-state index in [1.54, 1.807) is 25.4 Å². The molecular weight excluding hydrogens is 309 g/mol. The summed E-state index contributed by atoms with van der Waals surface area (Å²) in [7, 11) is 3.65. The van der Waals surface area contributed by atoms with E-state index >= 15 is 0 Å². The monoisotopic (exact) mass is 327 g/mol. The Morgan fingerprint density at radius 1 is 1.17 bits per heavy atom. The molecule has 0 spiro atoms. The van der Waals surface area contributed by atoms with Gasteiger partial charge in [0.25, 0.3) is 5.56 Å². The summed E-state index contributed by atoms with van der Waals surface area (Å²) >= 11 is 0. The van der Waals surface area contributed by atoms with Crippen molar-refractivity contribution in [2.45, 2.75) is 13.1 Å². The number of rotatable bonds is 5. The number of halogens is 1. The van der Waals surface area contributed by atoms with Crippen LogP contribution in [0.5, 0.6) is 0 Å². The molecule has 7 heteroatoms. The van der Waals surface area contributed by atoms with E-state index in [2.05, 4.69) is 10.1 Å². The number of aromatic nitrogens is 4. The van der Waals surface area contributed by atoms with Gasteiger partial charge in [0.05, 0.1) is 0 Å². The van der Waals surface area contributed by atoms with Crippen LogP contribution in [0.1, 0.15) is 11.1 Å². The first-order valence-corrected chi connectivity index (χ1v) is 7.50. The van der Waals surface area contributed by atoms with Gasteiger partial charge in [-0.1, -0.05) is 6.07 Å². The van der Waals surface area contributed by atoms with Crippen molar-refractivity contribution >= 4 is 0 Å². The number of nitrogens with zero attached hydrogens (tertiary/aromatic N) is 5. The van der Waals surface area contributed by atoms with Gasteiger partial charge in [-0.2, -0.15) is 5.10 Å². The third-order valence-electron chi connectivity index (χ3n) is 3.75. The van der Waals surface area contributed by atoms with E-state index in [1.807, 2.05) is 24.1 Å². The zero-order valence-electron chi connectivity index (χ0n) is 13.6. The zero-order chi connectivity index (χ0) is 17.1. The Labute approximate surface area is 138 Å². The smallest absolute Gasteiger partial charge is 0.250 e. The number of benzene rings is 1. The van der Waals surface area contributed by atoms with E-state index in [0.717, 1.165) is 11.1 Å². The van der Waals surface area contributed by atoms with E-state index in [4.69, 9.17) is 0 Å². The second-order valence-corrected chi connectivity index (χ2v) is 5.78. The van der Waals surface area contributed by atoms with Crippen LogP contribution in [0.3, 0.4) is 0 Å². The predicted octanol–water partition coefficient (Wildman–Crippen LogP) is 1.74. The van der Waals surface area contributed by atoms with Gasteiger partial charge in [0, 0.05) is 32.4 Å². The Balaban J connectivity index is 1.70. The van der Waals surface area contributed by atoms with E-state index in [1.165, 1.54) is 28.0 Å². The van der Waals surface area contributed by atoms with Gasteiger partial charge in [0.1, 0.15) is 24.2 Å². The van der Waals surface area contributed by atoms with E-state index in [9.17, 15) is 9.18 Å². The van der Waals surface area contributed by atoms with Gasteiger partial charge >= 0.3 is 0 Å². The quantitative estimate of drug-likeness (QED) is 0.716. The van der Waals surface area contributed by atoms with Gasteiger partial charge in [-0.05, 0) is 36.4 Å². The highest BCUT2D eigenvalue weighted by Crippen LogP contribution is 2.15. The largest absolute Gasteiger partial charge is 0.319 e. The second kappa shape index (κ2) is 6.76. The molecule has 0 aliphatic heterocycles. The number of hydrogen-bond donors (Lipinski definition) is 0. The molecule has 2 heterocycles. The molecule has 24 heavy (non-hydrogen) atoms. The van der Waals surface area contributed by atoms with Crippen LogP contribution in [0.15, 0.2) is 54.0 Å². The van der Waals surface area contributed by atoms with Gasteiger partial charge in [0.2, 0.25) is 0 Å². The first-order valence-electron chi connectivity index (χ1n) is 7.50. The fourth-order valence-corrected chi connectivity index (χ4v) is 2.53. The van der Waals surface area contributed by atoms with Crippen LogP contribution >= 0.6 is 0 Å². The zero-order valence-corrected chi connectivity index (χ0v) is 13.6. The maximum absolute atomic E-state index is 14.2. The first kappa shape index (κ1) is 16.1. The van der Waals surface area contributed by atoms with Gasteiger partial charge in [-0.15, -0.1) is 0 Å². The minimum absolute atomic E-state index is 0.0378. The summed E-state index contributed by atoms with van der Waals surface area (Å²) < 4.78 is 17.2. The lowest BCUT2D eigenvalue weighted by Crippen LogP contribution is -2.21. The van der Waals surface area contributed by atoms with Crippen LogP contribution in [0.2, 0.25) is 0 Å². The minimum atomic E-state index is -0.347. The standard InChI is InChI=1S/C17H18FN5O/c1-21(10-14-5-6-22(2)17(24)8-14)9-13-3-4-16(15(18)7-13)23-12-19-11-20-23/h3-8,11-12H,9-10H2,1-2H3. The second-order valence-electron chi connectivity index (χ2n) is 5.78. The van der Waals surface area contributed by atoms with Crippen molar-refractivity contribution in [3.63, 3.8) is 0 Å². The highest BCUT2D eigenvalue weighted by Gasteiger charge is 2.08. The molecule has 124 valence electrons. The fourth-order valence-electron chi connectivity index (χ4n) is 2.53. The molecule has 0 aliphatic rings. The summed E-state index contributed by atoms with van der Waals surface area (Å²) in [6.07, 6.45) is 4.57. The van der Waals surface area contributed by atoms with E-state index in [0.29, 0.717) is 18.8 Å². The summed E-state index contributed by atoms with van der Waals surface area (Å²) in [5.74, 6) is -0.347. The van der Waals surface area contributed by atoms with Crippen LogP contribution in [0.25, 0.3) is 5.69 Å². The first-order chi connectivity index (χ1) is 11.5. The van der Waals surface area contributed by atoms with Crippen molar-refractivity contribution < 1.29 is 4.39 Å². The van der Waals surface area contributed by atoms with Crippen LogP contribution < -0.4 is 5.56 Å². The lowest BCUT2D eigenvalue weighted by Gasteiger charge is -2.17. The molecule has 6 nitrogen and oxygen atoms in total. The molecule has 0 saturated carbocycles. The molecule has 2 aromatic heterocycles. The summed E-state index contributed by atoms with van der Waals surface area (Å²) in [5, 5.41) is 3.93. The summed E-state index contributed by atoms with van der Waals surface area (Å²) in [6.45, 7) is 1.19. The highest BCUT2D eigenvalue weighted by molar-refractivity contribution is 5.35. The molecule has 0 N–H and O–H groups in total. The molecule has 0 fully saturated rings. The number of aryl methyl sites for hydroxylation is 1. The Bertz CT molecular complexity index is 888. The maximum atomic E-state index is 14.2. The average molecular weight is 327 g/mol. The topological polar surface area (TPSA) is 56.0 Å². The van der Waals surface area contributed by atoms with Crippen molar-refractivity contribution in [2.24, 2.45) is 7.05 Å². The lowest BCUT2D eigenvalue weighted by molar-refractivity contribution is 0.318. The minimum Gasteiger partial charge on any atom is -0.319 e. The predicted molar refractivity (Wildman–Crippen MR) is 88.2 cm³/mol. The fraction of sp³-hybridized carbons (Fsp3) is 0.235. The third-order valence-corrected chi connectivity index (χ3v) is 3.75. The summed E-state index contributed by atoms with van der Waals surface area (Å²) in [6, 6.07) is 8.57. The molecule has 0 unspecified atom stereocenters. The van der Waals surface area contributed by atoms with E-state index in [-0.39, 0.29) is 11.4 Å². The number of pyridine rings is 1. The summed E-state index contributed by atoms with van der Waals surface area (Å²) in [4.78, 5) is 17.5. The Morgan fingerprint density at radius 3 is 2.54 bits per heavy atom. The summed E-state index contributed by atoms with van der Waals surface area (Å²) in [5.41, 5.74) is 2.11. The van der Waals surface area contributed by atoms with Crippen molar-refractivity contribution in [2.75, 3.05) is 7.05 Å². The van der Waals surface area contributed by atoms with Gasteiger partial charge in [0.15, 0.2) is 0 Å². The molecule has 0 bridgehead atoms. The van der Waals surface area contributed by atoms with E-state index < -0.39 is 0 Å². The molecule has 0 saturated heterocycles. The van der Waals surface area contributed by atoms with Crippen molar-refractivity contribution in [3.05, 3.63) is 76.5 Å². The maximum Gasteiger partial charge on any atom is 0.250 e. The molecule has 0 amide bonds. The van der Waals surface area contributed by atoms with Crippen LogP contribution in [0, 0.1) is 5.82 Å². The SMILES string of the molecule is CN(Cc1ccc(-n2cncn2)c(F)c1)Cc1ccn(C)c(=O)c1. The number of hydrogen-bond acceptors (Lipinski definition) is 4. The lowest BCUT2D eigenvalue weighted by atomic mass is 10.1. The molecule has 1 aromatic carbocycles.